The molecule has 0 radical (unpaired) electrons. The molecule has 0 heterocycles. The second kappa shape index (κ2) is 9.48. The number of halogens is 1. The fourth-order valence-corrected chi connectivity index (χ4v) is 2.19. The lowest BCUT2D eigenvalue weighted by molar-refractivity contribution is -0.117. The molecule has 0 aliphatic carbocycles. The zero-order valence-corrected chi connectivity index (χ0v) is 15.2. The molecule has 0 aromatic heterocycles. The van der Waals surface area contributed by atoms with Crippen molar-refractivity contribution < 1.29 is 19.1 Å². The maximum atomic E-state index is 12.1. The first-order valence-corrected chi connectivity index (χ1v) is 8.26. The van der Waals surface area contributed by atoms with E-state index in [9.17, 15) is 9.59 Å². The highest BCUT2D eigenvalue weighted by Crippen LogP contribution is 2.27. The Kier molecular flexibility index (Phi) is 7.05. The van der Waals surface area contributed by atoms with Gasteiger partial charge in [-0.3, -0.25) is 20.4 Å². The van der Waals surface area contributed by atoms with Gasteiger partial charge in [0.1, 0.15) is 0 Å². The van der Waals surface area contributed by atoms with Crippen molar-refractivity contribution in [1.82, 2.24) is 10.9 Å². The monoisotopic (exact) mass is 374 g/mol. The number of hydrogen-bond acceptors (Lipinski definition) is 4. The summed E-state index contributed by atoms with van der Waals surface area (Å²) in [5.74, 6) is 0.0423. The summed E-state index contributed by atoms with van der Waals surface area (Å²) in [6.07, 6.45) is 2.92. The van der Waals surface area contributed by atoms with Crippen LogP contribution in [-0.4, -0.2) is 25.5 Å². The molecule has 136 valence electrons. The van der Waals surface area contributed by atoms with Crippen molar-refractivity contribution in [2.75, 3.05) is 13.7 Å². The highest BCUT2D eigenvalue weighted by molar-refractivity contribution is 6.30. The fourth-order valence-electron chi connectivity index (χ4n) is 2.06. The van der Waals surface area contributed by atoms with Crippen molar-refractivity contribution >= 4 is 29.5 Å². The van der Waals surface area contributed by atoms with Gasteiger partial charge < -0.3 is 9.47 Å². The van der Waals surface area contributed by atoms with Crippen molar-refractivity contribution in [1.29, 1.82) is 0 Å². The Balaban J connectivity index is 1.93. The van der Waals surface area contributed by atoms with Gasteiger partial charge in [-0.05, 0) is 48.9 Å². The maximum absolute atomic E-state index is 12.1. The molecule has 0 bridgehead atoms. The largest absolute Gasteiger partial charge is 0.493 e. The third kappa shape index (κ3) is 5.53. The summed E-state index contributed by atoms with van der Waals surface area (Å²) in [5, 5.41) is 0.615. The van der Waals surface area contributed by atoms with E-state index >= 15 is 0 Å². The van der Waals surface area contributed by atoms with Gasteiger partial charge in [0, 0.05) is 16.7 Å². The second-order valence-corrected chi connectivity index (χ2v) is 5.56. The van der Waals surface area contributed by atoms with Crippen molar-refractivity contribution in [3.63, 3.8) is 0 Å². The molecule has 7 heteroatoms. The first-order chi connectivity index (χ1) is 12.5. The Labute approximate surface area is 156 Å². The van der Waals surface area contributed by atoms with Crippen LogP contribution in [0.4, 0.5) is 0 Å². The first kappa shape index (κ1) is 19.3. The van der Waals surface area contributed by atoms with Crippen LogP contribution in [0.2, 0.25) is 5.02 Å². The highest BCUT2D eigenvalue weighted by atomic mass is 35.5. The van der Waals surface area contributed by atoms with Crippen molar-refractivity contribution in [3.8, 4) is 11.5 Å². The van der Waals surface area contributed by atoms with Crippen LogP contribution >= 0.6 is 11.6 Å². The van der Waals surface area contributed by atoms with Gasteiger partial charge in [0.2, 0.25) is 0 Å². The number of hydrogen-bond donors (Lipinski definition) is 2. The summed E-state index contributed by atoms with van der Waals surface area (Å²) in [5.41, 5.74) is 5.79. The summed E-state index contributed by atoms with van der Waals surface area (Å²) in [7, 11) is 1.49. The molecule has 2 N–H and O–H groups in total. The van der Waals surface area contributed by atoms with E-state index in [1.807, 2.05) is 6.92 Å². The van der Waals surface area contributed by atoms with Gasteiger partial charge in [0.25, 0.3) is 11.8 Å². The number of methoxy groups -OCH3 is 1. The van der Waals surface area contributed by atoms with Gasteiger partial charge in [-0.25, -0.2) is 0 Å². The summed E-state index contributed by atoms with van der Waals surface area (Å²) < 4.78 is 10.6. The van der Waals surface area contributed by atoms with Crippen molar-refractivity contribution in [3.05, 3.63) is 64.7 Å². The smallest absolute Gasteiger partial charge is 0.269 e. The van der Waals surface area contributed by atoms with Gasteiger partial charge in [0.05, 0.1) is 13.7 Å². The average Bonchev–Trinajstić information content (AvgIpc) is 2.66. The van der Waals surface area contributed by atoms with Crippen LogP contribution in [-0.2, 0) is 4.79 Å². The molecule has 0 spiro atoms. The molecular formula is C19H19ClN2O4. The summed E-state index contributed by atoms with van der Waals surface area (Å²) in [6.45, 7) is 2.34. The molecule has 0 unspecified atom stereocenters. The molecule has 0 saturated carbocycles. The number of amides is 2. The Bertz CT molecular complexity index is 804. The van der Waals surface area contributed by atoms with Crippen LogP contribution in [0.25, 0.3) is 6.08 Å². The van der Waals surface area contributed by atoms with Crippen molar-refractivity contribution in [2.45, 2.75) is 6.92 Å². The summed E-state index contributed by atoms with van der Waals surface area (Å²) in [4.78, 5) is 23.9. The number of carbonyl (C=O) groups is 2. The minimum Gasteiger partial charge on any atom is -0.493 e. The number of carbonyl (C=O) groups excluding carboxylic acids is 2. The highest BCUT2D eigenvalue weighted by Gasteiger charge is 2.11. The number of nitrogens with one attached hydrogen (secondary N) is 2. The van der Waals surface area contributed by atoms with E-state index in [1.54, 1.807) is 42.5 Å². The number of ether oxygens (including phenoxy) is 2. The SMILES string of the molecule is CCOc1ccc(C(=O)NNC(=O)/C=C/c2ccc(Cl)cc2)cc1OC. The van der Waals surface area contributed by atoms with E-state index in [2.05, 4.69) is 10.9 Å². The third-order valence-electron chi connectivity index (χ3n) is 3.32. The van der Waals surface area contributed by atoms with E-state index in [-0.39, 0.29) is 0 Å². The molecule has 2 rings (SSSR count). The van der Waals surface area contributed by atoms with Crippen LogP contribution in [0.5, 0.6) is 11.5 Å². The zero-order chi connectivity index (χ0) is 18.9. The van der Waals surface area contributed by atoms with E-state index < -0.39 is 11.8 Å². The topological polar surface area (TPSA) is 76.7 Å². The van der Waals surface area contributed by atoms with Gasteiger partial charge in [-0.15, -0.1) is 0 Å². The first-order valence-electron chi connectivity index (χ1n) is 7.88. The molecule has 2 aromatic rings. The minimum atomic E-state index is -0.473. The van der Waals surface area contributed by atoms with E-state index in [0.717, 1.165) is 5.56 Å². The Hall–Kier alpha value is -2.99. The van der Waals surface area contributed by atoms with Crippen LogP contribution in [0.1, 0.15) is 22.8 Å². The minimum absolute atomic E-state index is 0.326. The molecule has 2 aromatic carbocycles. The quantitative estimate of drug-likeness (QED) is 0.601. The Morgan fingerprint density at radius 3 is 2.46 bits per heavy atom. The van der Waals surface area contributed by atoms with Gasteiger partial charge in [0.15, 0.2) is 11.5 Å². The normalized spacial score (nSPS) is 10.4. The summed E-state index contributed by atoms with van der Waals surface area (Å²) >= 11 is 5.80. The number of benzene rings is 2. The standard InChI is InChI=1S/C19H19ClN2O4/c1-3-26-16-10-7-14(12-17(16)25-2)19(24)22-21-18(23)11-6-13-4-8-15(20)9-5-13/h4-12H,3H2,1-2H3,(H,21,23)(H,22,24)/b11-6+. The van der Waals surface area contributed by atoms with Gasteiger partial charge in [-0.1, -0.05) is 23.7 Å². The molecule has 0 fully saturated rings. The third-order valence-corrected chi connectivity index (χ3v) is 3.57. The van der Waals surface area contributed by atoms with Crippen LogP contribution in [0, 0.1) is 0 Å². The average molecular weight is 375 g/mol. The molecular weight excluding hydrogens is 356 g/mol. The lowest BCUT2D eigenvalue weighted by atomic mass is 10.2. The van der Waals surface area contributed by atoms with Gasteiger partial charge in [-0.2, -0.15) is 0 Å². The maximum Gasteiger partial charge on any atom is 0.269 e. The zero-order valence-electron chi connectivity index (χ0n) is 14.4. The van der Waals surface area contributed by atoms with Crippen molar-refractivity contribution in [2.24, 2.45) is 0 Å². The Morgan fingerprint density at radius 1 is 1.08 bits per heavy atom. The van der Waals surface area contributed by atoms with Gasteiger partial charge >= 0.3 is 0 Å². The second-order valence-electron chi connectivity index (χ2n) is 5.13. The summed E-state index contributed by atoms with van der Waals surface area (Å²) in [6, 6.07) is 11.8. The number of rotatable bonds is 6. The molecule has 6 nitrogen and oxygen atoms in total. The predicted octanol–water partition coefficient (Wildman–Crippen LogP) is 3.22. The number of hydrazine groups is 1. The Morgan fingerprint density at radius 2 is 1.81 bits per heavy atom. The fraction of sp³-hybridized carbons (Fsp3) is 0.158. The van der Waals surface area contributed by atoms with Crippen LogP contribution < -0.4 is 20.3 Å². The predicted molar refractivity (Wildman–Crippen MR) is 100 cm³/mol. The van der Waals surface area contributed by atoms with Crippen LogP contribution in [0.3, 0.4) is 0 Å². The van der Waals surface area contributed by atoms with Crippen LogP contribution in [0.15, 0.2) is 48.5 Å². The van der Waals surface area contributed by atoms with E-state index in [1.165, 1.54) is 19.3 Å². The van der Waals surface area contributed by atoms with E-state index in [4.69, 9.17) is 21.1 Å². The molecule has 0 aliphatic rings. The molecule has 2 amide bonds. The van der Waals surface area contributed by atoms with E-state index in [0.29, 0.717) is 28.7 Å². The molecule has 0 atom stereocenters. The molecule has 0 aliphatic heterocycles. The lowest BCUT2D eigenvalue weighted by Crippen LogP contribution is -2.40. The molecule has 0 saturated heterocycles. The lowest BCUT2D eigenvalue weighted by Gasteiger charge is -2.11. The molecule has 26 heavy (non-hydrogen) atoms.